The first-order valence-corrected chi connectivity index (χ1v) is 15.7. The third-order valence-corrected chi connectivity index (χ3v) is 10.1. The van der Waals surface area contributed by atoms with E-state index < -0.39 is 13.9 Å². The summed E-state index contributed by atoms with van der Waals surface area (Å²) in [7, 11) is -2.66. The summed E-state index contributed by atoms with van der Waals surface area (Å²) in [4.78, 5) is 27.0. The standard InChI is InChI=1S/C26H38BrNO4Si/c1-17(2)8-7-9-18(3)12-14-28-22-11-10-20(27)16-21(22)26(25(28)30)19(4)24(33(5,6)31)23(32-26)13-15-29/h8,10-12,16,19,23-24,29,31H,7,9,13-15H2,1-6H3/b18-12+/t19-,23+,24-,26+/m1/s1. The number of carbonyl (C=O) groups excluding carboxylic acids is 1. The molecule has 0 radical (unpaired) electrons. The molecule has 0 aromatic heterocycles. The van der Waals surface area contributed by atoms with Gasteiger partial charge in [-0.3, -0.25) is 4.79 Å². The quantitative estimate of drug-likeness (QED) is 0.332. The Kier molecular flexibility index (Phi) is 8.11. The molecule has 4 atom stereocenters. The van der Waals surface area contributed by atoms with Crippen LogP contribution in [0, 0.1) is 5.92 Å². The minimum atomic E-state index is -2.66. The van der Waals surface area contributed by atoms with Crippen molar-refractivity contribution in [3.05, 3.63) is 51.5 Å². The fourth-order valence-corrected chi connectivity index (χ4v) is 8.53. The Labute approximate surface area is 207 Å². The number of nitrogens with zero attached hydrogens (tertiary/aromatic N) is 1. The second-order valence-electron chi connectivity index (χ2n) is 10.3. The Hall–Kier alpha value is -1.25. The normalized spacial score (nSPS) is 27.4. The van der Waals surface area contributed by atoms with Gasteiger partial charge in [0.2, 0.25) is 0 Å². The molecule has 7 heteroatoms. The van der Waals surface area contributed by atoms with Gasteiger partial charge in [-0.15, -0.1) is 0 Å². The molecule has 0 unspecified atom stereocenters. The zero-order valence-corrected chi connectivity index (χ0v) is 23.3. The fraction of sp³-hybridized carbons (Fsp3) is 0.577. The Balaban J connectivity index is 1.99. The van der Waals surface area contributed by atoms with E-state index in [1.807, 2.05) is 43.1 Å². The molecule has 2 heterocycles. The van der Waals surface area contributed by atoms with Gasteiger partial charge in [0, 0.05) is 34.6 Å². The number of aliphatic hydroxyl groups is 1. The van der Waals surface area contributed by atoms with Crippen LogP contribution in [-0.4, -0.2) is 43.4 Å². The van der Waals surface area contributed by atoms with Gasteiger partial charge in [0.1, 0.15) is 0 Å². The molecule has 1 amide bonds. The van der Waals surface area contributed by atoms with E-state index in [0.717, 1.165) is 28.6 Å². The molecule has 33 heavy (non-hydrogen) atoms. The highest BCUT2D eigenvalue weighted by Gasteiger charge is 2.66. The number of amides is 1. The van der Waals surface area contributed by atoms with Crippen LogP contribution in [-0.2, 0) is 15.1 Å². The van der Waals surface area contributed by atoms with Crippen molar-refractivity contribution in [1.82, 2.24) is 0 Å². The number of allylic oxidation sites excluding steroid dienone is 3. The lowest BCUT2D eigenvalue weighted by Gasteiger charge is -2.32. The molecule has 1 fully saturated rings. The predicted molar refractivity (Wildman–Crippen MR) is 140 cm³/mol. The average Bonchev–Trinajstić information content (AvgIpc) is 3.13. The highest BCUT2D eigenvalue weighted by molar-refractivity contribution is 9.10. The topological polar surface area (TPSA) is 70.0 Å². The monoisotopic (exact) mass is 535 g/mol. The highest BCUT2D eigenvalue weighted by Crippen LogP contribution is 2.59. The number of ether oxygens (including phenoxy) is 1. The number of hydrogen-bond acceptors (Lipinski definition) is 4. The van der Waals surface area contributed by atoms with Crippen molar-refractivity contribution in [2.45, 2.75) is 77.3 Å². The Morgan fingerprint density at radius 1 is 1.27 bits per heavy atom. The summed E-state index contributed by atoms with van der Waals surface area (Å²) in [5, 5.41) is 9.67. The summed E-state index contributed by atoms with van der Waals surface area (Å²) < 4.78 is 7.49. The lowest BCUT2D eigenvalue weighted by molar-refractivity contribution is -0.146. The summed E-state index contributed by atoms with van der Waals surface area (Å²) >= 11 is 3.57. The predicted octanol–water partition coefficient (Wildman–Crippen LogP) is 5.67. The fourth-order valence-electron chi connectivity index (χ4n) is 5.57. The molecule has 5 nitrogen and oxygen atoms in total. The third kappa shape index (κ3) is 5.08. The Morgan fingerprint density at radius 2 is 1.97 bits per heavy atom. The molecule has 2 aliphatic rings. The van der Waals surface area contributed by atoms with Gasteiger partial charge < -0.3 is 19.5 Å². The van der Waals surface area contributed by atoms with Crippen molar-refractivity contribution < 1.29 is 19.4 Å². The van der Waals surface area contributed by atoms with E-state index in [1.54, 1.807) is 0 Å². The van der Waals surface area contributed by atoms with Gasteiger partial charge in [-0.25, -0.2) is 0 Å². The molecule has 1 saturated heterocycles. The van der Waals surface area contributed by atoms with Crippen LogP contribution in [0.25, 0.3) is 0 Å². The van der Waals surface area contributed by atoms with Crippen LogP contribution in [0.3, 0.4) is 0 Å². The highest BCUT2D eigenvalue weighted by atomic mass is 79.9. The summed E-state index contributed by atoms with van der Waals surface area (Å²) in [5.74, 6) is -0.269. The zero-order valence-electron chi connectivity index (χ0n) is 20.7. The molecule has 3 rings (SSSR count). The maximum absolute atomic E-state index is 14.1. The summed E-state index contributed by atoms with van der Waals surface area (Å²) in [6.07, 6.45) is 6.38. The van der Waals surface area contributed by atoms with Crippen molar-refractivity contribution in [2.24, 2.45) is 5.92 Å². The van der Waals surface area contributed by atoms with E-state index in [9.17, 15) is 14.7 Å². The first-order valence-electron chi connectivity index (χ1n) is 11.9. The van der Waals surface area contributed by atoms with Crippen LogP contribution in [0.1, 0.15) is 52.5 Å². The van der Waals surface area contributed by atoms with Gasteiger partial charge in [-0.05, 0) is 71.3 Å². The lowest BCUT2D eigenvalue weighted by Crippen LogP contribution is -2.46. The van der Waals surface area contributed by atoms with Crippen LogP contribution < -0.4 is 4.90 Å². The van der Waals surface area contributed by atoms with E-state index >= 15 is 0 Å². The number of aliphatic hydroxyl groups excluding tert-OH is 1. The van der Waals surface area contributed by atoms with E-state index in [4.69, 9.17) is 4.74 Å². The second kappa shape index (κ2) is 10.2. The van der Waals surface area contributed by atoms with Crippen LogP contribution in [0.15, 0.2) is 46.0 Å². The summed E-state index contributed by atoms with van der Waals surface area (Å²) in [5.41, 5.74) is 2.99. The third-order valence-electron chi connectivity index (χ3n) is 7.07. The van der Waals surface area contributed by atoms with E-state index in [2.05, 4.69) is 48.9 Å². The molecule has 0 aliphatic carbocycles. The van der Waals surface area contributed by atoms with Crippen molar-refractivity contribution in [1.29, 1.82) is 0 Å². The van der Waals surface area contributed by atoms with Crippen molar-refractivity contribution in [2.75, 3.05) is 18.1 Å². The maximum Gasteiger partial charge on any atom is 0.264 e. The minimum absolute atomic E-state index is 0.0364. The maximum atomic E-state index is 14.1. The van der Waals surface area contributed by atoms with E-state index in [-0.39, 0.29) is 30.1 Å². The molecule has 0 saturated carbocycles. The lowest BCUT2D eigenvalue weighted by atomic mass is 9.82. The molecule has 182 valence electrons. The van der Waals surface area contributed by atoms with E-state index in [0.29, 0.717) is 13.0 Å². The number of hydrogen-bond donors (Lipinski definition) is 2. The molecule has 1 spiro atoms. The molecule has 1 aromatic carbocycles. The SMILES string of the molecule is CC(C)=CCC/C(C)=C/CN1C(=O)[C@@]2(O[C@@H](CCO)[C@H]([Si](C)(C)O)[C@H]2C)c2cc(Br)ccc21. The molecular formula is C26H38BrNO4Si. The molecule has 0 bridgehead atoms. The van der Waals surface area contributed by atoms with Crippen LogP contribution in [0.5, 0.6) is 0 Å². The number of fused-ring (bicyclic) bond motifs is 2. The summed E-state index contributed by atoms with van der Waals surface area (Å²) in [6.45, 7) is 12.6. The molecule has 2 aliphatic heterocycles. The van der Waals surface area contributed by atoms with Gasteiger partial charge in [0.05, 0.1) is 11.8 Å². The van der Waals surface area contributed by atoms with Gasteiger partial charge in [-0.1, -0.05) is 46.2 Å². The van der Waals surface area contributed by atoms with E-state index in [1.165, 1.54) is 11.1 Å². The number of rotatable bonds is 8. The largest absolute Gasteiger partial charge is 0.432 e. The molecule has 1 aromatic rings. The minimum Gasteiger partial charge on any atom is -0.432 e. The van der Waals surface area contributed by atoms with Crippen molar-refractivity contribution in [3.8, 4) is 0 Å². The van der Waals surface area contributed by atoms with Crippen LogP contribution in [0.2, 0.25) is 18.6 Å². The number of benzene rings is 1. The number of carbonyl (C=O) groups is 1. The second-order valence-corrected chi connectivity index (χ2v) is 15.2. The smallest absolute Gasteiger partial charge is 0.264 e. The van der Waals surface area contributed by atoms with Crippen LogP contribution >= 0.6 is 15.9 Å². The Morgan fingerprint density at radius 3 is 2.58 bits per heavy atom. The van der Waals surface area contributed by atoms with Crippen molar-refractivity contribution in [3.63, 3.8) is 0 Å². The zero-order chi connectivity index (χ0) is 24.6. The average molecular weight is 537 g/mol. The Bertz CT molecular complexity index is 950. The van der Waals surface area contributed by atoms with Gasteiger partial charge in [0.25, 0.3) is 5.91 Å². The molecule has 2 N–H and O–H groups in total. The number of anilines is 1. The van der Waals surface area contributed by atoms with Crippen molar-refractivity contribution >= 4 is 35.8 Å². The van der Waals surface area contributed by atoms with Gasteiger partial charge >= 0.3 is 0 Å². The van der Waals surface area contributed by atoms with Gasteiger partial charge in [0.15, 0.2) is 13.9 Å². The first-order chi connectivity index (χ1) is 15.4. The molecular weight excluding hydrogens is 498 g/mol. The van der Waals surface area contributed by atoms with Crippen LogP contribution in [0.4, 0.5) is 5.69 Å². The van der Waals surface area contributed by atoms with Gasteiger partial charge in [-0.2, -0.15) is 0 Å². The number of halogens is 1. The first kappa shape index (κ1) is 26.4. The summed E-state index contributed by atoms with van der Waals surface area (Å²) in [6, 6.07) is 5.92.